The number of rotatable bonds is 1. The Morgan fingerprint density at radius 1 is 1.50 bits per heavy atom. The third-order valence-electron chi connectivity index (χ3n) is 2.87. The summed E-state index contributed by atoms with van der Waals surface area (Å²) in [4.78, 5) is 0. The average Bonchev–Trinajstić information content (AvgIpc) is 2.19. The highest BCUT2D eigenvalue weighted by Crippen LogP contribution is 2.36. The van der Waals surface area contributed by atoms with Crippen LogP contribution in [0.2, 0.25) is 0 Å². The van der Waals surface area contributed by atoms with Crippen molar-refractivity contribution in [2.45, 2.75) is 32.3 Å². The van der Waals surface area contributed by atoms with E-state index in [9.17, 15) is 0 Å². The van der Waals surface area contributed by atoms with Gasteiger partial charge in [0.05, 0.1) is 0 Å². The van der Waals surface area contributed by atoms with Crippen LogP contribution < -0.4 is 10.5 Å². The van der Waals surface area contributed by atoms with Gasteiger partial charge in [0.2, 0.25) is 0 Å². The van der Waals surface area contributed by atoms with Crippen molar-refractivity contribution in [3.8, 4) is 5.75 Å². The van der Waals surface area contributed by atoms with Crippen LogP contribution in [0.4, 0.5) is 0 Å². The van der Waals surface area contributed by atoms with Crippen molar-refractivity contribution in [3.05, 3.63) is 29.3 Å². The third kappa shape index (κ3) is 1.62. The van der Waals surface area contributed by atoms with E-state index in [0.717, 1.165) is 12.2 Å². The van der Waals surface area contributed by atoms with Gasteiger partial charge < -0.3 is 10.5 Å². The van der Waals surface area contributed by atoms with Crippen molar-refractivity contribution in [1.29, 1.82) is 0 Å². The first-order valence-corrected chi connectivity index (χ1v) is 5.18. The predicted octanol–water partition coefficient (Wildman–Crippen LogP) is 2.21. The highest BCUT2D eigenvalue weighted by Gasteiger charge is 2.24. The smallest absolute Gasteiger partial charge is 0.123 e. The highest BCUT2D eigenvalue weighted by atomic mass is 16.5. The normalized spacial score (nSPS) is 25.4. The lowest BCUT2D eigenvalue weighted by atomic mass is 9.90. The lowest BCUT2D eigenvalue weighted by molar-refractivity contribution is 0.169. The summed E-state index contributed by atoms with van der Waals surface area (Å²) in [6.07, 6.45) is 1.23. The van der Waals surface area contributed by atoms with E-state index in [-0.39, 0.29) is 6.10 Å². The van der Waals surface area contributed by atoms with Crippen LogP contribution in [0.15, 0.2) is 18.2 Å². The number of hydrogen-bond acceptors (Lipinski definition) is 2. The van der Waals surface area contributed by atoms with Crippen LogP contribution in [-0.2, 0) is 0 Å². The van der Waals surface area contributed by atoms with Gasteiger partial charge in [-0.1, -0.05) is 24.6 Å². The molecule has 0 amide bonds. The van der Waals surface area contributed by atoms with Gasteiger partial charge in [-0.2, -0.15) is 0 Å². The van der Waals surface area contributed by atoms with E-state index in [2.05, 4.69) is 32.0 Å². The predicted molar refractivity (Wildman–Crippen MR) is 57.7 cm³/mol. The minimum absolute atomic E-state index is 0.195. The molecular formula is C12H17NO. The molecule has 1 aromatic carbocycles. The van der Waals surface area contributed by atoms with Gasteiger partial charge in [0.15, 0.2) is 0 Å². The minimum atomic E-state index is 0.195. The molecule has 0 saturated carbocycles. The Morgan fingerprint density at radius 3 is 3.00 bits per heavy atom. The molecule has 1 aliphatic rings. The number of hydrogen-bond donors (Lipinski definition) is 1. The molecule has 2 N–H and O–H groups in total. The molecule has 0 aromatic heterocycles. The van der Waals surface area contributed by atoms with Crippen LogP contribution in [0, 0.1) is 6.92 Å². The molecule has 2 rings (SSSR count). The Morgan fingerprint density at radius 2 is 2.29 bits per heavy atom. The van der Waals surface area contributed by atoms with Crippen molar-refractivity contribution in [2.24, 2.45) is 5.73 Å². The van der Waals surface area contributed by atoms with Crippen molar-refractivity contribution in [1.82, 2.24) is 0 Å². The maximum Gasteiger partial charge on any atom is 0.123 e. The lowest BCUT2D eigenvalue weighted by Gasteiger charge is -2.29. The van der Waals surface area contributed by atoms with Crippen molar-refractivity contribution >= 4 is 0 Å². The summed E-state index contributed by atoms with van der Waals surface area (Å²) in [7, 11) is 0. The SMILES string of the molecule is Cc1ccc2c(c1)C(C)CC(CN)O2. The van der Waals surface area contributed by atoms with E-state index < -0.39 is 0 Å². The number of ether oxygens (including phenoxy) is 1. The van der Waals surface area contributed by atoms with Gasteiger partial charge in [-0.25, -0.2) is 0 Å². The lowest BCUT2D eigenvalue weighted by Crippen LogP contribution is -2.31. The molecule has 2 atom stereocenters. The van der Waals surface area contributed by atoms with Gasteiger partial charge in [-0.05, 0) is 30.9 Å². The summed E-state index contributed by atoms with van der Waals surface area (Å²) < 4.78 is 5.78. The van der Waals surface area contributed by atoms with Gasteiger partial charge >= 0.3 is 0 Å². The Hall–Kier alpha value is -1.02. The first-order chi connectivity index (χ1) is 6.70. The van der Waals surface area contributed by atoms with Crippen molar-refractivity contribution in [3.63, 3.8) is 0 Å². The first kappa shape index (κ1) is 9.53. The molecule has 14 heavy (non-hydrogen) atoms. The monoisotopic (exact) mass is 191 g/mol. The fourth-order valence-electron chi connectivity index (χ4n) is 2.05. The summed E-state index contributed by atoms with van der Waals surface area (Å²) in [6.45, 7) is 4.96. The Bertz CT molecular complexity index is 335. The zero-order valence-corrected chi connectivity index (χ0v) is 8.79. The summed E-state index contributed by atoms with van der Waals surface area (Å²) in [5.74, 6) is 1.58. The molecule has 0 aliphatic carbocycles. The number of aryl methyl sites for hydroxylation is 1. The second-order valence-corrected chi connectivity index (χ2v) is 4.15. The number of nitrogens with two attached hydrogens (primary N) is 1. The van der Waals surface area contributed by atoms with Gasteiger partial charge in [0.1, 0.15) is 11.9 Å². The van der Waals surface area contributed by atoms with Gasteiger partial charge in [0, 0.05) is 6.54 Å². The summed E-state index contributed by atoms with van der Waals surface area (Å²) in [5, 5.41) is 0. The van der Waals surface area contributed by atoms with E-state index >= 15 is 0 Å². The second kappa shape index (κ2) is 3.62. The molecule has 0 saturated heterocycles. The van der Waals surface area contributed by atoms with Gasteiger partial charge in [-0.3, -0.25) is 0 Å². The average molecular weight is 191 g/mol. The van der Waals surface area contributed by atoms with E-state index in [1.165, 1.54) is 11.1 Å². The molecule has 1 heterocycles. The van der Waals surface area contributed by atoms with Gasteiger partial charge in [0.25, 0.3) is 0 Å². The van der Waals surface area contributed by atoms with Crippen LogP contribution >= 0.6 is 0 Å². The Balaban J connectivity index is 2.35. The summed E-state index contributed by atoms with van der Waals surface area (Å²) >= 11 is 0. The molecular weight excluding hydrogens is 174 g/mol. The second-order valence-electron chi connectivity index (χ2n) is 4.15. The summed E-state index contributed by atoms with van der Waals surface area (Å²) in [5.41, 5.74) is 8.25. The maximum atomic E-state index is 5.78. The molecule has 2 unspecified atom stereocenters. The zero-order valence-electron chi connectivity index (χ0n) is 8.79. The molecule has 2 heteroatoms. The fourth-order valence-corrected chi connectivity index (χ4v) is 2.05. The molecule has 0 spiro atoms. The van der Waals surface area contributed by atoms with Crippen LogP contribution in [0.1, 0.15) is 30.4 Å². The Labute approximate surface area is 85.1 Å². The summed E-state index contributed by atoms with van der Waals surface area (Å²) in [6, 6.07) is 6.36. The zero-order chi connectivity index (χ0) is 10.1. The van der Waals surface area contributed by atoms with E-state index in [1.54, 1.807) is 0 Å². The third-order valence-corrected chi connectivity index (χ3v) is 2.87. The largest absolute Gasteiger partial charge is 0.489 e. The van der Waals surface area contributed by atoms with E-state index in [1.807, 2.05) is 0 Å². The highest BCUT2D eigenvalue weighted by molar-refractivity contribution is 5.40. The number of fused-ring (bicyclic) bond motifs is 1. The molecule has 0 fully saturated rings. The van der Waals surface area contributed by atoms with Crippen molar-refractivity contribution in [2.75, 3.05) is 6.54 Å². The van der Waals surface area contributed by atoms with Crippen LogP contribution in [-0.4, -0.2) is 12.6 Å². The maximum absolute atomic E-state index is 5.78. The topological polar surface area (TPSA) is 35.2 Å². The molecule has 0 radical (unpaired) electrons. The van der Waals surface area contributed by atoms with Crippen molar-refractivity contribution < 1.29 is 4.74 Å². The molecule has 76 valence electrons. The van der Waals surface area contributed by atoms with Crippen LogP contribution in [0.25, 0.3) is 0 Å². The first-order valence-electron chi connectivity index (χ1n) is 5.18. The van der Waals surface area contributed by atoms with Crippen LogP contribution in [0.5, 0.6) is 5.75 Å². The van der Waals surface area contributed by atoms with Crippen LogP contribution in [0.3, 0.4) is 0 Å². The van der Waals surface area contributed by atoms with E-state index in [4.69, 9.17) is 10.5 Å². The minimum Gasteiger partial charge on any atom is -0.489 e. The van der Waals surface area contributed by atoms with Gasteiger partial charge in [-0.15, -0.1) is 0 Å². The standard InChI is InChI=1S/C12H17NO/c1-8-3-4-12-11(5-8)9(2)6-10(7-13)14-12/h3-5,9-10H,6-7,13H2,1-2H3. The molecule has 0 bridgehead atoms. The molecule has 2 nitrogen and oxygen atoms in total. The number of benzene rings is 1. The molecule has 1 aliphatic heterocycles. The fraction of sp³-hybridized carbons (Fsp3) is 0.500. The quantitative estimate of drug-likeness (QED) is 0.738. The molecule has 1 aromatic rings. The van der Waals surface area contributed by atoms with E-state index in [0.29, 0.717) is 12.5 Å². The Kier molecular flexibility index (Phi) is 2.46.